The van der Waals surface area contributed by atoms with E-state index in [9.17, 15) is 14.4 Å². The molecule has 0 saturated carbocycles. The molecule has 6 nitrogen and oxygen atoms in total. The fourth-order valence-corrected chi connectivity index (χ4v) is 2.97. The number of carbonyl (C=O) groups is 3. The lowest BCUT2D eigenvalue weighted by atomic mass is 10.0. The van der Waals surface area contributed by atoms with Crippen molar-refractivity contribution in [2.75, 3.05) is 18.4 Å². The molecule has 0 aromatic heterocycles. The smallest absolute Gasteiger partial charge is 0.253 e. The lowest BCUT2D eigenvalue weighted by Crippen LogP contribution is -2.30. The van der Waals surface area contributed by atoms with E-state index in [0.717, 1.165) is 5.56 Å². The maximum Gasteiger partial charge on any atom is 0.253 e. The fourth-order valence-electron chi connectivity index (χ4n) is 2.97. The second-order valence-corrected chi connectivity index (χ2v) is 6.47. The van der Waals surface area contributed by atoms with E-state index < -0.39 is 6.04 Å². The van der Waals surface area contributed by atoms with E-state index in [1.807, 2.05) is 44.2 Å². The molecule has 2 N–H and O–H groups in total. The third kappa shape index (κ3) is 5.94. The minimum absolute atomic E-state index is 0.0299. The molecule has 148 valence electrons. The van der Waals surface area contributed by atoms with E-state index in [2.05, 4.69) is 10.6 Å². The predicted octanol–water partition coefficient (Wildman–Crippen LogP) is 3.37. The number of nitrogens with one attached hydrogen (secondary N) is 2. The third-order valence-corrected chi connectivity index (χ3v) is 4.44. The van der Waals surface area contributed by atoms with Crippen molar-refractivity contribution in [1.29, 1.82) is 0 Å². The second-order valence-electron chi connectivity index (χ2n) is 6.47. The first-order chi connectivity index (χ1) is 13.4. The van der Waals surface area contributed by atoms with E-state index >= 15 is 0 Å². The van der Waals surface area contributed by atoms with Crippen LogP contribution in [0.1, 0.15) is 49.2 Å². The van der Waals surface area contributed by atoms with Gasteiger partial charge in [-0.1, -0.05) is 30.3 Å². The first kappa shape index (κ1) is 21.2. The van der Waals surface area contributed by atoms with Gasteiger partial charge in [0.15, 0.2) is 0 Å². The van der Waals surface area contributed by atoms with Gasteiger partial charge in [-0.25, -0.2) is 0 Å². The van der Waals surface area contributed by atoms with Crippen LogP contribution >= 0.6 is 0 Å². The largest absolute Gasteiger partial charge is 0.349 e. The molecule has 0 unspecified atom stereocenters. The van der Waals surface area contributed by atoms with Crippen LogP contribution in [-0.2, 0) is 9.59 Å². The summed E-state index contributed by atoms with van der Waals surface area (Å²) in [6, 6.07) is 15.8. The number of benzene rings is 2. The highest BCUT2D eigenvalue weighted by atomic mass is 16.2. The first-order valence-corrected chi connectivity index (χ1v) is 9.45. The summed E-state index contributed by atoms with van der Waals surface area (Å²) < 4.78 is 0. The van der Waals surface area contributed by atoms with Crippen LogP contribution in [0.4, 0.5) is 5.69 Å². The highest BCUT2D eigenvalue weighted by Gasteiger charge is 2.17. The van der Waals surface area contributed by atoms with Crippen molar-refractivity contribution >= 4 is 23.4 Å². The summed E-state index contributed by atoms with van der Waals surface area (Å²) in [6.45, 7) is 6.61. The van der Waals surface area contributed by atoms with Crippen molar-refractivity contribution in [3.05, 3.63) is 65.7 Å². The van der Waals surface area contributed by atoms with Crippen molar-refractivity contribution in [2.24, 2.45) is 0 Å². The van der Waals surface area contributed by atoms with E-state index in [0.29, 0.717) is 24.3 Å². The van der Waals surface area contributed by atoms with Crippen LogP contribution in [0.25, 0.3) is 0 Å². The zero-order valence-corrected chi connectivity index (χ0v) is 16.6. The molecule has 2 aromatic carbocycles. The summed E-state index contributed by atoms with van der Waals surface area (Å²) in [5, 5.41) is 5.64. The Kier molecular flexibility index (Phi) is 7.75. The highest BCUT2D eigenvalue weighted by molar-refractivity contribution is 5.96. The van der Waals surface area contributed by atoms with E-state index in [-0.39, 0.29) is 24.1 Å². The van der Waals surface area contributed by atoms with Crippen LogP contribution < -0.4 is 10.6 Å². The van der Waals surface area contributed by atoms with Gasteiger partial charge < -0.3 is 15.5 Å². The van der Waals surface area contributed by atoms with Crippen LogP contribution in [0.5, 0.6) is 0 Å². The zero-order chi connectivity index (χ0) is 20.5. The van der Waals surface area contributed by atoms with Crippen LogP contribution in [0, 0.1) is 0 Å². The Morgan fingerprint density at radius 2 is 1.54 bits per heavy atom. The molecule has 28 heavy (non-hydrogen) atoms. The molecule has 2 rings (SSSR count). The van der Waals surface area contributed by atoms with Gasteiger partial charge in [0.05, 0.1) is 12.5 Å². The van der Waals surface area contributed by atoms with Gasteiger partial charge in [0.25, 0.3) is 5.91 Å². The number of anilines is 1. The Balaban J connectivity index is 2.03. The normalized spacial score (nSPS) is 11.4. The minimum atomic E-state index is -0.401. The monoisotopic (exact) mass is 381 g/mol. The number of nitrogens with zero attached hydrogens (tertiary/aromatic N) is 1. The van der Waals surface area contributed by atoms with Gasteiger partial charge in [0.1, 0.15) is 0 Å². The summed E-state index contributed by atoms with van der Waals surface area (Å²) >= 11 is 0. The summed E-state index contributed by atoms with van der Waals surface area (Å²) in [7, 11) is 0. The molecule has 0 aliphatic rings. The Labute approximate surface area is 165 Å². The Morgan fingerprint density at radius 1 is 0.929 bits per heavy atom. The quantitative estimate of drug-likeness (QED) is 0.736. The van der Waals surface area contributed by atoms with E-state index in [4.69, 9.17) is 0 Å². The summed E-state index contributed by atoms with van der Waals surface area (Å²) in [5.41, 5.74) is 2.06. The van der Waals surface area contributed by atoms with Crippen molar-refractivity contribution in [2.45, 2.75) is 33.2 Å². The highest BCUT2D eigenvalue weighted by Crippen LogP contribution is 2.18. The molecule has 1 atom stereocenters. The van der Waals surface area contributed by atoms with Gasteiger partial charge in [-0.05, 0) is 43.7 Å². The van der Waals surface area contributed by atoms with E-state index in [1.54, 1.807) is 29.2 Å². The lowest BCUT2D eigenvalue weighted by molar-refractivity contribution is -0.120. The topological polar surface area (TPSA) is 78.5 Å². The van der Waals surface area contributed by atoms with Gasteiger partial charge in [-0.15, -0.1) is 0 Å². The maximum absolute atomic E-state index is 12.5. The zero-order valence-electron chi connectivity index (χ0n) is 16.6. The van der Waals surface area contributed by atoms with Crippen molar-refractivity contribution in [1.82, 2.24) is 10.2 Å². The molecule has 0 bridgehead atoms. The van der Waals surface area contributed by atoms with Crippen LogP contribution in [0.3, 0.4) is 0 Å². The lowest BCUT2D eigenvalue weighted by Gasteiger charge is -2.19. The second kappa shape index (κ2) is 10.3. The molecule has 6 heteroatoms. The molecule has 3 amide bonds. The van der Waals surface area contributed by atoms with Crippen LogP contribution in [0.15, 0.2) is 54.6 Å². The van der Waals surface area contributed by atoms with Gasteiger partial charge in [0.2, 0.25) is 11.8 Å². The third-order valence-electron chi connectivity index (χ3n) is 4.44. The summed E-state index contributed by atoms with van der Waals surface area (Å²) in [6.07, 6.45) is 0.115. The number of hydrogen-bond donors (Lipinski definition) is 2. The van der Waals surface area contributed by atoms with Crippen LogP contribution in [0.2, 0.25) is 0 Å². The Morgan fingerprint density at radius 3 is 2.07 bits per heavy atom. The molecule has 0 fully saturated rings. The number of amides is 3. The molecule has 0 saturated heterocycles. The average Bonchev–Trinajstić information content (AvgIpc) is 2.69. The van der Waals surface area contributed by atoms with E-state index in [1.165, 1.54) is 6.92 Å². The average molecular weight is 381 g/mol. The van der Waals surface area contributed by atoms with Crippen molar-refractivity contribution < 1.29 is 14.4 Å². The molecule has 0 radical (unpaired) electrons. The minimum Gasteiger partial charge on any atom is -0.349 e. The molecule has 0 heterocycles. The Bertz CT molecular complexity index is 800. The molecular weight excluding hydrogens is 354 g/mol. The SMILES string of the molecule is CCN(CC)C(=O)c1ccc(NC(=O)C[C@@H](NC(C)=O)c2ccccc2)cc1. The number of hydrogen-bond acceptors (Lipinski definition) is 3. The van der Waals surface area contributed by atoms with Crippen molar-refractivity contribution in [3.63, 3.8) is 0 Å². The number of carbonyl (C=O) groups excluding carboxylic acids is 3. The number of rotatable bonds is 8. The summed E-state index contributed by atoms with van der Waals surface area (Å²) in [4.78, 5) is 38.0. The van der Waals surface area contributed by atoms with Gasteiger partial charge in [-0.2, -0.15) is 0 Å². The van der Waals surface area contributed by atoms with Crippen LogP contribution in [-0.4, -0.2) is 35.7 Å². The first-order valence-electron chi connectivity index (χ1n) is 9.45. The molecular formula is C22H27N3O3. The van der Waals surface area contributed by atoms with Gasteiger partial charge in [0, 0.05) is 31.3 Å². The van der Waals surface area contributed by atoms with Gasteiger partial charge >= 0.3 is 0 Å². The Hall–Kier alpha value is -3.15. The fraction of sp³-hybridized carbons (Fsp3) is 0.318. The molecule has 0 spiro atoms. The predicted molar refractivity (Wildman–Crippen MR) is 110 cm³/mol. The van der Waals surface area contributed by atoms with Crippen molar-refractivity contribution in [3.8, 4) is 0 Å². The molecule has 2 aromatic rings. The molecule has 0 aliphatic heterocycles. The maximum atomic E-state index is 12.5. The standard InChI is InChI=1S/C22H27N3O3/c1-4-25(5-2)22(28)18-11-13-19(14-12-18)24-21(27)15-20(23-16(3)26)17-9-7-6-8-10-17/h6-14,20H,4-5,15H2,1-3H3,(H,23,26)(H,24,27)/t20-/m1/s1. The van der Waals surface area contributed by atoms with Gasteiger partial charge in [-0.3, -0.25) is 14.4 Å². The summed E-state index contributed by atoms with van der Waals surface area (Å²) in [5.74, 6) is -0.441. The molecule has 0 aliphatic carbocycles.